The highest BCUT2D eigenvalue weighted by Crippen LogP contribution is 2.49. The Morgan fingerprint density at radius 3 is 2.39 bits per heavy atom. The molecule has 0 saturated carbocycles. The zero-order valence-electron chi connectivity index (χ0n) is 24.4. The molecule has 4 aliphatic heterocycles. The molecule has 0 unspecified atom stereocenters. The molecule has 3 aromatic carbocycles. The molecule has 0 atom stereocenters. The molecule has 1 spiro atoms. The molecule has 0 aromatic heterocycles. The van der Waals surface area contributed by atoms with E-state index in [9.17, 15) is 9.59 Å². The average Bonchev–Trinajstić information content (AvgIpc) is 3.69. The second-order valence-electron chi connectivity index (χ2n) is 12.6. The van der Waals surface area contributed by atoms with Crippen molar-refractivity contribution in [3.8, 4) is 16.9 Å². The van der Waals surface area contributed by atoms with Gasteiger partial charge in [0.25, 0.3) is 5.91 Å². The van der Waals surface area contributed by atoms with E-state index in [1.807, 2.05) is 40.1 Å². The molecule has 2 amide bonds. The number of anilines is 2. The Labute approximate surface area is 242 Å². The molecule has 0 bridgehead atoms. The number of aryl methyl sites for hydroxylation is 1. The SMILES string of the molecule is Cc1cc(N2CCCC2=O)ccc1-c1ccc(C(=O)N2CCc3cc4c(cc32)C2(CCN(C(C)C)CC2)CO4)cc1. The van der Waals surface area contributed by atoms with E-state index in [-0.39, 0.29) is 17.2 Å². The summed E-state index contributed by atoms with van der Waals surface area (Å²) in [6.07, 6.45) is 4.61. The Bertz CT molecular complexity index is 1520. The van der Waals surface area contributed by atoms with Gasteiger partial charge in [-0.2, -0.15) is 0 Å². The third-order valence-corrected chi connectivity index (χ3v) is 9.92. The molecule has 212 valence electrons. The number of carbonyl (C=O) groups excluding carboxylic acids is 2. The zero-order valence-corrected chi connectivity index (χ0v) is 24.4. The number of likely N-dealkylation sites (tertiary alicyclic amines) is 1. The van der Waals surface area contributed by atoms with Crippen LogP contribution in [0.5, 0.6) is 5.75 Å². The van der Waals surface area contributed by atoms with Gasteiger partial charge >= 0.3 is 0 Å². The van der Waals surface area contributed by atoms with Crippen LogP contribution in [0.3, 0.4) is 0 Å². The van der Waals surface area contributed by atoms with Crippen LogP contribution in [0.2, 0.25) is 0 Å². The predicted octanol–water partition coefficient (Wildman–Crippen LogP) is 6.13. The van der Waals surface area contributed by atoms with Crippen molar-refractivity contribution >= 4 is 23.2 Å². The zero-order chi connectivity index (χ0) is 28.3. The maximum atomic E-state index is 13.8. The maximum Gasteiger partial charge on any atom is 0.258 e. The number of carbonyl (C=O) groups is 2. The summed E-state index contributed by atoms with van der Waals surface area (Å²) in [5.74, 6) is 1.28. The highest BCUT2D eigenvalue weighted by Gasteiger charge is 2.44. The van der Waals surface area contributed by atoms with Crippen molar-refractivity contribution in [2.45, 2.75) is 64.3 Å². The Morgan fingerprint density at radius 2 is 1.71 bits per heavy atom. The molecule has 0 aliphatic carbocycles. The molecule has 0 N–H and O–H groups in total. The summed E-state index contributed by atoms with van der Waals surface area (Å²) in [5, 5.41) is 0. The fourth-order valence-corrected chi connectivity index (χ4v) is 7.34. The van der Waals surface area contributed by atoms with Gasteiger partial charge in [0, 0.05) is 53.5 Å². The summed E-state index contributed by atoms with van der Waals surface area (Å²) in [5.41, 5.74) is 8.61. The molecular formula is C35H39N3O3. The molecule has 6 heteroatoms. The van der Waals surface area contributed by atoms with E-state index in [4.69, 9.17) is 4.74 Å². The highest BCUT2D eigenvalue weighted by atomic mass is 16.5. The lowest BCUT2D eigenvalue weighted by Crippen LogP contribution is -2.46. The number of nitrogens with zero attached hydrogens (tertiary/aromatic N) is 3. The third kappa shape index (κ3) is 4.44. The van der Waals surface area contributed by atoms with Gasteiger partial charge in [-0.15, -0.1) is 0 Å². The Hall–Kier alpha value is -3.64. The van der Waals surface area contributed by atoms with Gasteiger partial charge in [0.15, 0.2) is 0 Å². The largest absolute Gasteiger partial charge is 0.492 e. The van der Waals surface area contributed by atoms with Crippen LogP contribution in [0.1, 0.15) is 66.6 Å². The number of rotatable bonds is 4. The number of benzene rings is 3. The van der Waals surface area contributed by atoms with Crippen molar-refractivity contribution in [2.75, 3.05) is 42.6 Å². The molecule has 4 heterocycles. The van der Waals surface area contributed by atoms with Crippen LogP contribution in [0.4, 0.5) is 11.4 Å². The van der Waals surface area contributed by atoms with Gasteiger partial charge in [0.05, 0.1) is 6.61 Å². The van der Waals surface area contributed by atoms with E-state index < -0.39 is 0 Å². The fourth-order valence-electron chi connectivity index (χ4n) is 7.34. The van der Waals surface area contributed by atoms with Crippen molar-refractivity contribution in [1.29, 1.82) is 0 Å². The molecule has 41 heavy (non-hydrogen) atoms. The number of ether oxygens (including phenoxy) is 1. The minimum atomic E-state index is 0.0532. The Morgan fingerprint density at radius 1 is 0.927 bits per heavy atom. The van der Waals surface area contributed by atoms with Crippen LogP contribution >= 0.6 is 0 Å². The van der Waals surface area contributed by atoms with Crippen LogP contribution < -0.4 is 14.5 Å². The van der Waals surface area contributed by atoms with E-state index in [1.165, 1.54) is 11.1 Å². The summed E-state index contributed by atoms with van der Waals surface area (Å²) < 4.78 is 6.26. The van der Waals surface area contributed by atoms with Crippen LogP contribution in [0.15, 0.2) is 54.6 Å². The summed E-state index contributed by atoms with van der Waals surface area (Å²) in [7, 11) is 0. The number of hydrogen-bond acceptors (Lipinski definition) is 4. The van der Waals surface area contributed by atoms with Crippen LogP contribution in [-0.4, -0.2) is 55.5 Å². The molecule has 7 rings (SSSR count). The molecule has 2 fully saturated rings. The Balaban J connectivity index is 1.11. The number of hydrogen-bond donors (Lipinski definition) is 0. The lowest BCUT2D eigenvalue weighted by molar-refractivity contribution is -0.117. The minimum Gasteiger partial charge on any atom is -0.492 e. The number of amides is 2. The maximum absolute atomic E-state index is 13.8. The van der Waals surface area contributed by atoms with Gasteiger partial charge in [-0.05, 0) is 118 Å². The minimum absolute atomic E-state index is 0.0532. The Kier molecular flexibility index (Phi) is 6.42. The first-order valence-corrected chi connectivity index (χ1v) is 15.2. The van der Waals surface area contributed by atoms with Gasteiger partial charge < -0.3 is 19.4 Å². The van der Waals surface area contributed by atoms with Crippen molar-refractivity contribution in [1.82, 2.24) is 4.90 Å². The smallest absolute Gasteiger partial charge is 0.258 e. The van der Waals surface area contributed by atoms with Gasteiger partial charge in [-0.25, -0.2) is 0 Å². The summed E-state index contributed by atoms with van der Waals surface area (Å²) in [6.45, 7) is 11.0. The van der Waals surface area contributed by atoms with E-state index in [2.05, 4.69) is 49.9 Å². The summed E-state index contributed by atoms with van der Waals surface area (Å²) in [6, 6.07) is 19.3. The molecule has 4 aliphatic rings. The predicted molar refractivity (Wildman–Crippen MR) is 163 cm³/mol. The molecule has 3 aromatic rings. The fraction of sp³-hybridized carbons (Fsp3) is 0.429. The van der Waals surface area contributed by atoms with E-state index in [0.717, 1.165) is 85.7 Å². The second-order valence-corrected chi connectivity index (χ2v) is 12.6. The first-order valence-electron chi connectivity index (χ1n) is 15.2. The van der Waals surface area contributed by atoms with Gasteiger partial charge in [-0.1, -0.05) is 18.2 Å². The van der Waals surface area contributed by atoms with Gasteiger partial charge in [0.2, 0.25) is 5.91 Å². The van der Waals surface area contributed by atoms with Crippen LogP contribution in [0.25, 0.3) is 11.1 Å². The molecule has 2 saturated heterocycles. The van der Waals surface area contributed by atoms with Crippen molar-refractivity contribution in [3.63, 3.8) is 0 Å². The van der Waals surface area contributed by atoms with E-state index in [1.54, 1.807) is 0 Å². The lowest BCUT2D eigenvalue weighted by atomic mass is 9.74. The number of piperidine rings is 1. The second kappa shape index (κ2) is 10.0. The van der Waals surface area contributed by atoms with Crippen LogP contribution in [-0.2, 0) is 16.6 Å². The van der Waals surface area contributed by atoms with E-state index >= 15 is 0 Å². The van der Waals surface area contributed by atoms with Crippen molar-refractivity contribution in [2.24, 2.45) is 0 Å². The highest BCUT2D eigenvalue weighted by molar-refractivity contribution is 6.07. The average molecular weight is 550 g/mol. The van der Waals surface area contributed by atoms with Gasteiger partial charge in [-0.3, -0.25) is 9.59 Å². The molecule has 0 radical (unpaired) electrons. The summed E-state index contributed by atoms with van der Waals surface area (Å²) >= 11 is 0. The summed E-state index contributed by atoms with van der Waals surface area (Å²) in [4.78, 5) is 32.4. The quantitative estimate of drug-likeness (QED) is 0.393. The first kappa shape index (κ1) is 26.3. The molecule has 6 nitrogen and oxygen atoms in total. The first-order chi connectivity index (χ1) is 19.8. The van der Waals surface area contributed by atoms with Gasteiger partial charge in [0.1, 0.15) is 5.75 Å². The number of fused-ring (bicyclic) bond motifs is 3. The normalized spacial score (nSPS) is 19.7. The standard InChI is InChI=1S/C35H39N3O3/c1-23(2)36-17-13-35(14-18-36)22-41-32-20-27-12-16-38(31(27)21-30(32)35)34(40)26-8-6-25(7-9-26)29-11-10-28(19-24(29)3)37-15-4-5-33(37)39/h6-11,19-21,23H,4-5,12-18,22H2,1-3H3. The van der Waals surface area contributed by atoms with Crippen molar-refractivity contribution < 1.29 is 14.3 Å². The third-order valence-electron chi connectivity index (χ3n) is 9.92. The topological polar surface area (TPSA) is 53.1 Å². The van der Waals surface area contributed by atoms with Crippen LogP contribution in [0, 0.1) is 6.92 Å². The molecular weight excluding hydrogens is 510 g/mol. The monoisotopic (exact) mass is 549 g/mol. The van der Waals surface area contributed by atoms with Crippen molar-refractivity contribution in [3.05, 3.63) is 76.9 Å². The lowest BCUT2D eigenvalue weighted by Gasteiger charge is -2.40. The van der Waals surface area contributed by atoms with E-state index in [0.29, 0.717) is 24.6 Å².